The fourth-order valence-corrected chi connectivity index (χ4v) is 2.54. The average molecular weight is 393 g/mol. The SMILES string of the molecule is COc1ccc(OCCNc2nc(C)cc(C(=O)NCc3ccncc3)n2)cc1. The van der Waals surface area contributed by atoms with E-state index in [-0.39, 0.29) is 5.91 Å². The largest absolute Gasteiger partial charge is 0.497 e. The molecule has 3 aromatic rings. The Morgan fingerprint density at radius 2 is 1.76 bits per heavy atom. The number of carbonyl (C=O) groups excluding carboxylic acids is 1. The molecule has 0 saturated heterocycles. The Bertz CT molecular complexity index is 933. The Balaban J connectivity index is 1.50. The molecule has 8 nitrogen and oxygen atoms in total. The first-order valence-corrected chi connectivity index (χ1v) is 9.17. The highest BCUT2D eigenvalue weighted by Crippen LogP contribution is 2.16. The number of pyridine rings is 1. The van der Waals surface area contributed by atoms with Gasteiger partial charge in [0.05, 0.1) is 13.7 Å². The van der Waals surface area contributed by atoms with Crippen molar-refractivity contribution >= 4 is 11.9 Å². The molecule has 2 N–H and O–H groups in total. The molecule has 0 bridgehead atoms. The van der Waals surface area contributed by atoms with E-state index in [1.807, 2.05) is 43.3 Å². The van der Waals surface area contributed by atoms with E-state index in [0.717, 1.165) is 17.1 Å². The number of aromatic nitrogens is 3. The summed E-state index contributed by atoms with van der Waals surface area (Å²) in [5.41, 5.74) is 1.98. The van der Waals surface area contributed by atoms with E-state index >= 15 is 0 Å². The number of benzene rings is 1. The van der Waals surface area contributed by atoms with E-state index in [2.05, 4.69) is 25.6 Å². The van der Waals surface area contributed by atoms with Gasteiger partial charge in [-0.3, -0.25) is 9.78 Å². The fourth-order valence-electron chi connectivity index (χ4n) is 2.54. The van der Waals surface area contributed by atoms with Crippen LogP contribution in [-0.2, 0) is 6.54 Å². The van der Waals surface area contributed by atoms with Crippen molar-refractivity contribution < 1.29 is 14.3 Å². The van der Waals surface area contributed by atoms with Gasteiger partial charge in [0.2, 0.25) is 5.95 Å². The summed E-state index contributed by atoms with van der Waals surface area (Å²) in [6.07, 6.45) is 3.37. The number of ether oxygens (including phenoxy) is 2. The predicted molar refractivity (Wildman–Crippen MR) is 109 cm³/mol. The zero-order chi connectivity index (χ0) is 20.5. The van der Waals surface area contributed by atoms with Crippen molar-refractivity contribution in [2.45, 2.75) is 13.5 Å². The topological polar surface area (TPSA) is 98.3 Å². The van der Waals surface area contributed by atoms with Crippen molar-refractivity contribution in [3.05, 3.63) is 71.8 Å². The molecule has 0 aliphatic heterocycles. The van der Waals surface area contributed by atoms with Crippen LogP contribution in [0.15, 0.2) is 54.9 Å². The van der Waals surface area contributed by atoms with Crippen LogP contribution in [0.4, 0.5) is 5.95 Å². The zero-order valence-electron chi connectivity index (χ0n) is 16.4. The van der Waals surface area contributed by atoms with Crippen LogP contribution in [0.1, 0.15) is 21.7 Å². The van der Waals surface area contributed by atoms with E-state index in [4.69, 9.17) is 9.47 Å². The van der Waals surface area contributed by atoms with Crippen LogP contribution in [0.5, 0.6) is 11.5 Å². The number of hydrogen-bond acceptors (Lipinski definition) is 7. The van der Waals surface area contributed by atoms with Crippen LogP contribution in [0.3, 0.4) is 0 Å². The number of nitrogens with zero attached hydrogens (tertiary/aromatic N) is 3. The van der Waals surface area contributed by atoms with Gasteiger partial charge in [-0.1, -0.05) is 0 Å². The first-order chi connectivity index (χ1) is 14.1. The highest BCUT2D eigenvalue weighted by molar-refractivity contribution is 5.92. The lowest BCUT2D eigenvalue weighted by Gasteiger charge is -2.10. The maximum atomic E-state index is 12.4. The average Bonchev–Trinajstić information content (AvgIpc) is 2.76. The minimum Gasteiger partial charge on any atom is -0.497 e. The summed E-state index contributed by atoms with van der Waals surface area (Å²) in [7, 11) is 1.62. The number of amides is 1. The van der Waals surface area contributed by atoms with E-state index < -0.39 is 0 Å². The van der Waals surface area contributed by atoms with E-state index in [0.29, 0.717) is 37.0 Å². The standard InChI is InChI=1S/C21H23N5O3/c1-15-13-19(20(27)24-14-16-7-9-22-10-8-16)26-21(25-15)23-11-12-29-18-5-3-17(28-2)4-6-18/h3-10,13H,11-12,14H2,1-2H3,(H,24,27)(H,23,25,26). The van der Waals surface area contributed by atoms with Crippen LogP contribution in [0, 0.1) is 6.92 Å². The van der Waals surface area contributed by atoms with Gasteiger partial charge < -0.3 is 20.1 Å². The van der Waals surface area contributed by atoms with Crippen LogP contribution < -0.4 is 20.1 Å². The van der Waals surface area contributed by atoms with Gasteiger partial charge in [0, 0.05) is 24.6 Å². The molecule has 0 aliphatic carbocycles. The van der Waals surface area contributed by atoms with E-state index in [9.17, 15) is 4.79 Å². The number of nitrogens with one attached hydrogen (secondary N) is 2. The Hall–Kier alpha value is -3.68. The van der Waals surface area contributed by atoms with Crippen LogP contribution in [0.25, 0.3) is 0 Å². The summed E-state index contributed by atoms with van der Waals surface area (Å²) < 4.78 is 10.8. The second kappa shape index (κ2) is 10.0. The third kappa shape index (κ3) is 6.17. The number of rotatable bonds is 9. The molecular weight excluding hydrogens is 370 g/mol. The summed E-state index contributed by atoms with van der Waals surface area (Å²) in [5.74, 6) is 1.65. The van der Waals surface area contributed by atoms with E-state index in [1.165, 1.54) is 0 Å². The predicted octanol–water partition coefficient (Wildman–Crippen LogP) is 2.61. The highest BCUT2D eigenvalue weighted by atomic mass is 16.5. The Morgan fingerprint density at radius 3 is 2.48 bits per heavy atom. The second-order valence-corrected chi connectivity index (χ2v) is 6.21. The molecule has 0 fully saturated rings. The highest BCUT2D eigenvalue weighted by Gasteiger charge is 2.10. The molecule has 150 valence electrons. The van der Waals surface area contributed by atoms with Gasteiger partial charge in [-0.2, -0.15) is 0 Å². The molecule has 0 spiro atoms. The molecule has 1 amide bonds. The summed E-state index contributed by atoms with van der Waals surface area (Å²) in [6.45, 7) is 3.14. The van der Waals surface area contributed by atoms with Gasteiger partial charge in [0.1, 0.15) is 23.8 Å². The number of methoxy groups -OCH3 is 1. The lowest BCUT2D eigenvalue weighted by molar-refractivity contribution is 0.0945. The Morgan fingerprint density at radius 1 is 1.03 bits per heavy atom. The molecule has 2 heterocycles. The van der Waals surface area contributed by atoms with Crippen molar-refractivity contribution in [3.8, 4) is 11.5 Å². The zero-order valence-corrected chi connectivity index (χ0v) is 16.4. The van der Waals surface area contributed by atoms with E-state index in [1.54, 1.807) is 25.6 Å². The van der Waals surface area contributed by atoms with Gasteiger partial charge in [-0.25, -0.2) is 9.97 Å². The molecule has 2 aromatic heterocycles. The van der Waals surface area contributed by atoms with Crippen LogP contribution in [0.2, 0.25) is 0 Å². The molecule has 3 rings (SSSR count). The van der Waals surface area contributed by atoms with Crippen molar-refractivity contribution in [3.63, 3.8) is 0 Å². The van der Waals surface area contributed by atoms with Gasteiger partial charge in [-0.15, -0.1) is 0 Å². The first kappa shape index (κ1) is 20.1. The molecule has 0 radical (unpaired) electrons. The quantitative estimate of drug-likeness (QED) is 0.539. The molecule has 1 aromatic carbocycles. The van der Waals surface area contributed by atoms with Crippen molar-refractivity contribution in [2.75, 3.05) is 25.6 Å². The Labute approximate surface area is 169 Å². The number of hydrogen-bond donors (Lipinski definition) is 2. The molecule has 0 aliphatic rings. The number of anilines is 1. The monoisotopic (exact) mass is 393 g/mol. The molecule has 0 saturated carbocycles. The lowest BCUT2D eigenvalue weighted by atomic mass is 10.2. The van der Waals surface area contributed by atoms with Gasteiger partial charge in [-0.05, 0) is 55.0 Å². The molecule has 8 heteroatoms. The molecule has 0 unspecified atom stereocenters. The first-order valence-electron chi connectivity index (χ1n) is 9.17. The third-order valence-corrected chi connectivity index (χ3v) is 4.00. The third-order valence-electron chi connectivity index (χ3n) is 4.00. The van der Waals surface area contributed by atoms with Crippen molar-refractivity contribution in [2.24, 2.45) is 0 Å². The Kier molecular flexibility index (Phi) is 6.94. The van der Waals surface area contributed by atoms with Crippen LogP contribution in [-0.4, -0.2) is 41.1 Å². The van der Waals surface area contributed by atoms with Crippen molar-refractivity contribution in [1.29, 1.82) is 0 Å². The summed E-state index contributed by atoms with van der Waals surface area (Å²) in [6, 6.07) is 12.7. The lowest BCUT2D eigenvalue weighted by Crippen LogP contribution is -2.25. The summed E-state index contributed by atoms with van der Waals surface area (Å²) >= 11 is 0. The van der Waals surface area contributed by atoms with Gasteiger partial charge in [0.25, 0.3) is 5.91 Å². The van der Waals surface area contributed by atoms with Gasteiger partial charge in [0.15, 0.2) is 0 Å². The van der Waals surface area contributed by atoms with Crippen molar-refractivity contribution in [1.82, 2.24) is 20.3 Å². The van der Waals surface area contributed by atoms with Gasteiger partial charge >= 0.3 is 0 Å². The molecule has 0 atom stereocenters. The summed E-state index contributed by atoms with van der Waals surface area (Å²) in [4.78, 5) is 25.0. The summed E-state index contributed by atoms with van der Waals surface area (Å²) in [5, 5.41) is 5.94. The maximum absolute atomic E-state index is 12.4. The number of aryl methyl sites for hydroxylation is 1. The normalized spacial score (nSPS) is 10.3. The van der Waals surface area contributed by atoms with Crippen LogP contribution >= 0.6 is 0 Å². The maximum Gasteiger partial charge on any atom is 0.270 e. The second-order valence-electron chi connectivity index (χ2n) is 6.21. The molecular formula is C21H23N5O3. The minimum atomic E-state index is -0.259. The fraction of sp³-hybridized carbons (Fsp3) is 0.238. The number of carbonyl (C=O) groups is 1. The smallest absolute Gasteiger partial charge is 0.270 e. The molecule has 29 heavy (non-hydrogen) atoms. The minimum absolute atomic E-state index is 0.259.